The van der Waals surface area contributed by atoms with Crippen LogP contribution in [-0.2, 0) is 17.8 Å². The highest BCUT2D eigenvalue weighted by Gasteiger charge is 2.21. The highest BCUT2D eigenvalue weighted by Crippen LogP contribution is 2.21. The van der Waals surface area contributed by atoms with Crippen LogP contribution in [0.4, 0.5) is 0 Å². The summed E-state index contributed by atoms with van der Waals surface area (Å²) in [6.07, 6.45) is 4.07. The van der Waals surface area contributed by atoms with E-state index in [1.54, 1.807) is 12.4 Å². The molecular weight excluding hydrogens is 364 g/mol. The van der Waals surface area contributed by atoms with E-state index >= 15 is 0 Å². The summed E-state index contributed by atoms with van der Waals surface area (Å²) in [6.45, 7) is 0.176. The fraction of sp³-hybridized carbons (Fsp3) is 0.130. The molecule has 4 aromatic rings. The van der Waals surface area contributed by atoms with Gasteiger partial charge in [-0.05, 0) is 35.7 Å². The predicted molar refractivity (Wildman–Crippen MR) is 109 cm³/mol. The van der Waals surface area contributed by atoms with Crippen LogP contribution in [0.2, 0.25) is 0 Å². The molecule has 2 heterocycles. The molecule has 0 spiro atoms. The van der Waals surface area contributed by atoms with Crippen molar-refractivity contribution in [3.05, 3.63) is 102 Å². The van der Waals surface area contributed by atoms with Crippen LogP contribution in [-0.4, -0.2) is 21.1 Å². The van der Waals surface area contributed by atoms with Crippen LogP contribution >= 0.6 is 0 Å². The van der Waals surface area contributed by atoms with Gasteiger partial charge in [0.05, 0.1) is 12.5 Å². The highest BCUT2D eigenvalue weighted by molar-refractivity contribution is 5.83. The first-order chi connectivity index (χ1) is 14.3. The van der Waals surface area contributed by atoms with Crippen molar-refractivity contribution < 1.29 is 9.21 Å². The first-order valence-corrected chi connectivity index (χ1v) is 9.39. The third-order valence-corrected chi connectivity index (χ3v) is 4.58. The van der Waals surface area contributed by atoms with Crippen molar-refractivity contribution in [2.45, 2.75) is 18.9 Å². The lowest BCUT2D eigenvalue weighted by Crippen LogP contribution is -2.30. The average molecular weight is 384 g/mol. The van der Waals surface area contributed by atoms with Gasteiger partial charge in [0.2, 0.25) is 17.7 Å². The molecule has 0 aliphatic carbocycles. The zero-order valence-electron chi connectivity index (χ0n) is 15.7. The van der Waals surface area contributed by atoms with Crippen molar-refractivity contribution in [1.29, 1.82) is 0 Å². The predicted octanol–water partition coefficient (Wildman–Crippen LogP) is 3.77. The van der Waals surface area contributed by atoms with Crippen molar-refractivity contribution >= 4 is 5.91 Å². The molecule has 0 aliphatic heterocycles. The summed E-state index contributed by atoms with van der Waals surface area (Å²) in [5.74, 6) is 0.367. The fourth-order valence-corrected chi connectivity index (χ4v) is 3.11. The zero-order chi connectivity index (χ0) is 19.9. The summed E-state index contributed by atoms with van der Waals surface area (Å²) in [7, 11) is 0. The largest absolute Gasteiger partial charge is 0.419 e. The Hall–Kier alpha value is -3.80. The highest BCUT2D eigenvalue weighted by atomic mass is 16.4. The molecule has 1 unspecified atom stereocenters. The van der Waals surface area contributed by atoms with Gasteiger partial charge < -0.3 is 9.73 Å². The van der Waals surface area contributed by atoms with E-state index in [9.17, 15) is 4.79 Å². The van der Waals surface area contributed by atoms with E-state index in [2.05, 4.69) is 20.5 Å². The lowest BCUT2D eigenvalue weighted by molar-refractivity contribution is -0.122. The van der Waals surface area contributed by atoms with Crippen molar-refractivity contribution in [2.24, 2.45) is 0 Å². The second-order valence-corrected chi connectivity index (χ2v) is 6.61. The number of aromatic nitrogens is 3. The normalized spacial score (nSPS) is 11.7. The maximum absolute atomic E-state index is 13.0. The number of nitrogens with zero attached hydrogens (tertiary/aromatic N) is 3. The van der Waals surface area contributed by atoms with Gasteiger partial charge in [-0.1, -0.05) is 54.6 Å². The number of carbonyl (C=O) groups excluding carboxylic acids is 1. The van der Waals surface area contributed by atoms with Gasteiger partial charge in [-0.3, -0.25) is 9.78 Å². The lowest BCUT2D eigenvalue weighted by Gasteiger charge is -2.16. The fourth-order valence-electron chi connectivity index (χ4n) is 3.11. The minimum atomic E-state index is -0.336. The van der Waals surface area contributed by atoms with E-state index < -0.39 is 0 Å². The number of benzene rings is 2. The molecular formula is C23H20N4O2. The van der Waals surface area contributed by atoms with Crippen molar-refractivity contribution in [3.8, 4) is 11.5 Å². The van der Waals surface area contributed by atoms with Crippen LogP contribution in [0, 0.1) is 0 Å². The van der Waals surface area contributed by atoms with Crippen LogP contribution in [0.3, 0.4) is 0 Å². The second-order valence-electron chi connectivity index (χ2n) is 6.61. The first kappa shape index (κ1) is 18.6. The Labute approximate surface area is 168 Å². The molecule has 0 aliphatic rings. The van der Waals surface area contributed by atoms with Crippen molar-refractivity contribution in [2.75, 3.05) is 0 Å². The number of carbonyl (C=O) groups is 1. The van der Waals surface area contributed by atoms with Gasteiger partial charge in [0.15, 0.2) is 0 Å². The van der Waals surface area contributed by atoms with Crippen LogP contribution in [0.1, 0.15) is 22.9 Å². The topological polar surface area (TPSA) is 80.9 Å². The SMILES string of the molecule is O=C(NCc1nnc(-c2ccccc2)o1)C(Cc1cccnc1)c1ccccc1. The second kappa shape index (κ2) is 8.93. The number of rotatable bonds is 7. The number of hydrogen-bond donors (Lipinski definition) is 1. The Morgan fingerprint density at radius 3 is 2.41 bits per heavy atom. The maximum Gasteiger partial charge on any atom is 0.247 e. The minimum Gasteiger partial charge on any atom is -0.419 e. The Bertz CT molecular complexity index is 1050. The number of nitrogens with one attached hydrogen (secondary N) is 1. The molecule has 0 fully saturated rings. The molecule has 1 amide bonds. The van der Waals surface area contributed by atoms with Crippen LogP contribution in [0.25, 0.3) is 11.5 Å². The van der Waals surface area contributed by atoms with Crippen LogP contribution in [0.15, 0.2) is 89.6 Å². The molecule has 6 heteroatoms. The number of amides is 1. The van der Waals surface area contributed by atoms with Gasteiger partial charge >= 0.3 is 0 Å². The summed E-state index contributed by atoms with van der Waals surface area (Å²) in [4.78, 5) is 17.1. The first-order valence-electron chi connectivity index (χ1n) is 9.39. The molecule has 0 radical (unpaired) electrons. The summed E-state index contributed by atoms with van der Waals surface area (Å²) in [5, 5.41) is 11.0. The molecule has 0 saturated heterocycles. The summed E-state index contributed by atoms with van der Waals surface area (Å²) in [5.41, 5.74) is 2.79. The van der Waals surface area contributed by atoms with Gasteiger partial charge in [0, 0.05) is 18.0 Å². The molecule has 29 heavy (non-hydrogen) atoms. The zero-order valence-corrected chi connectivity index (χ0v) is 15.7. The number of pyridine rings is 1. The van der Waals surface area contributed by atoms with E-state index in [0.717, 1.165) is 16.7 Å². The van der Waals surface area contributed by atoms with E-state index in [-0.39, 0.29) is 18.4 Å². The van der Waals surface area contributed by atoms with Crippen LogP contribution in [0.5, 0.6) is 0 Å². The molecule has 2 aromatic carbocycles. The molecule has 1 N–H and O–H groups in total. The van der Waals surface area contributed by atoms with Crippen LogP contribution < -0.4 is 5.32 Å². The van der Waals surface area contributed by atoms with E-state index in [1.807, 2.05) is 72.8 Å². The smallest absolute Gasteiger partial charge is 0.247 e. The maximum atomic E-state index is 13.0. The summed E-state index contributed by atoms with van der Waals surface area (Å²) < 4.78 is 5.68. The standard InChI is InChI=1S/C23H20N4O2/c28-22(25-16-21-26-27-23(29-21)19-11-5-2-6-12-19)20(18-9-3-1-4-10-18)14-17-8-7-13-24-15-17/h1-13,15,20H,14,16H2,(H,25,28). The van der Waals surface area contributed by atoms with E-state index in [1.165, 1.54) is 0 Å². The Balaban J connectivity index is 1.46. The van der Waals surface area contributed by atoms with Gasteiger partial charge in [0.1, 0.15) is 0 Å². The summed E-state index contributed by atoms with van der Waals surface area (Å²) >= 11 is 0. The van der Waals surface area contributed by atoms with E-state index in [4.69, 9.17) is 4.42 Å². The number of hydrogen-bond acceptors (Lipinski definition) is 5. The Morgan fingerprint density at radius 1 is 0.931 bits per heavy atom. The van der Waals surface area contributed by atoms with Crippen molar-refractivity contribution in [1.82, 2.24) is 20.5 Å². The molecule has 6 nitrogen and oxygen atoms in total. The molecule has 1 atom stereocenters. The van der Waals surface area contributed by atoms with Gasteiger partial charge in [0.25, 0.3) is 0 Å². The monoisotopic (exact) mass is 384 g/mol. The van der Waals surface area contributed by atoms with Gasteiger partial charge in [-0.2, -0.15) is 0 Å². The third-order valence-electron chi connectivity index (χ3n) is 4.58. The lowest BCUT2D eigenvalue weighted by atomic mass is 9.92. The quantitative estimate of drug-likeness (QED) is 0.524. The molecule has 144 valence electrons. The Kier molecular flexibility index (Phi) is 5.71. The van der Waals surface area contributed by atoms with E-state index in [0.29, 0.717) is 18.2 Å². The average Bonchev–Trinajstić information content (AvgIpc) is 3.27. The molecule has 0 saturated carbocycles. The molecule has 2 aromatic heterocycles. The molecule has 4 rings (SSSR count). The third kappa shape index (κ3) is 4.73. The Morgan fingerprint density at radius 2 is 1.69 bits per heavy atom. The minimum absolute atomic E-state index is 0.0977. The van der Waals surface area contributed by atoms with Gasteiger partial charge in [-0.25, -0.2) is 0 Å². The summed E-state index contributed by atoms with van der Waals surface area (Å²) in [6, 6.07) is 23.1. The van der Waals surface area contributed by atoms with Gasteiger partial charge in [-0.15, -0.1) is 10.2 Å². The molecule has 0 bridgehead atoms. The van der Waals surface area contributed by atoms with Crippen molar-refractivity contribution in [3.63, 3.8) is 0 Å².